The lowest BCUT2D eigenvalue weighted by molar-refractivity contribution is -0.384. The first kappa shape index (κ1) is 18.8. The first-order chi connectivity index (χ1) is 12.8. The number of hydrogen-bond donors (Lipinski definition) is 0. The van der Waals surface area contributed by atoms with Crippen LogP contribution in [0.1, 0.15) is 25.5 Å². The Labute approximate surface area is 159 Å². The van der Waals surface area contributed by atoms with Crippen molar-refractivity contribution in [3.05, 3.63) is 63.9 Å². The number of aliphatic imine (C=N–C) groups is 1. The number of amides is 1. The van der Waals surface area contributed by atoms with E-state index in [1.807, 2.05) is 0 Å². The third-order valence-corrected chi connectivity index (χ3v) is 5.26. The standard InChI is InChI=1S/C18H17N3O5S/c1-4-8-26-17(23)14-10(2)19-18-20(16(22)11(3)27-18)15(14)12-6-5-7-13(9-12)21(24)25/h4-7,9,11,15H,1,8H2,2-3H3/t11-,15+/m0/s1. The van der Waals surface area contributed by atoms with Gasteiger partial charge >= 0.3 is 5.97 Å². The molecule has 1 amide bonds. The van der Waals surface area contributed by atoms with E-state index in [1.165, 1.54) is 40.9 Å². The molecule has 0 radical (unpaired) electrons. The molecule has 27 heavy (non-hydrogen) atoms. The molecule has 1 aromatic rings. The van der Waals surface area contributed by atoms with Gasteiger partial charge < -0.3 is 4.74 Å². The molecule has 0 spiro atoms. The van der Waals surface area contributed by atoms with Gasteiger partial charge in [-0.2, -0.15) is 0 Å². The number of carbonyl (C=O) groups excluding carboxylic acids is 2. The van der Waals surface area contributed by atoms with Crippen LogP contribution >= 0.6 is 11.8 Å². The van der Waals surface area contributed by atoms with E-state index in [1.54, 1.807) is 19.9 Å². The molecule has 9 heteroatoms. The van der Waals surface area contributed by atoms with Gasteiger partial charge in [0.15, 0.2) is 5.17 Å². The van der Waals surface area contributed by atoms with Crippen molar-refractivity contribution in [2.45, 2.75) is 25.1 Å². The van der Waals surface area contributed by atoms with Gasteiger partial charge in [0, 0.05) is 12.1 Å². The second-order valence-electron chi connectivity index (χ2n) is 6.00. The minimum Gasteiger partial charge on any atom is -0.458 e. The Morgan fingerprint density at radius 1 is 1.52 bits per heavy atom. The molecule has 0 aliphatic carbocycles. The van der Waals surface area contributed by atoms with Crippen molar-refractivity contribution in [2.24, 2.45) is 4.99 Å². The van der Waals surface area contributed by atoms with E-state index < -0.39 is 16.9 Å². The molecule has 140 valence electrons. The highest BCUT2D eigenvalue weighted by molar-refractivity contribution is 8.15. The zero-order valence-electron chi connectivity index (χ0n) is 14.7. The lowest BCUT2D eigenvalue weighted by Crippen LogP contribution is -2.40. The number of ether oxygens (including phenoxy) is 1. The van der Waals surface area contributed by atoms with Crippen molar-refractivity contribution in [1.29, 1.82) is 0 Å². The predicted molar refractivity (Wildman–Crippen MR) is 101 cm³/mol. The Balaban J connectivity index is 2.15. The highest BCUT2D eigenvalue weighted by Crippen LogP contribution is 2.43. The van der Waals surface area contributed by atoms with E-state index >= 15 is 0 Å². The van der Waals surface area contributed by atoms with Gasteiger partial charge in [0.25, 0.3) is 5.69 Å². The van der Waals surface area contributed by atoms with Crippen molar-refractivity contribution < 1.29 is 19.2 Å². The van der Waals surface area contributed by atoms with Gasteiger partial charge in [0.05, 0.1) is 27.5 Å². The fourth-order valence-electron chi connectivity index (χ4n) is 3.00. The number of nitrogens with zero attached hydrogens (tertiary/aromatic N) is 3. The van der Waals surface area contributed by atoms with E-state index in [9.17, 15) is 19.7 Å². The molecule has 0 unspecified atom stereocenters. The minimum atomic E-state index is -0.834. The molecule has 0 saturated carbocycles. The summed E-state index contributed by atoms with van der Waals surface area (Å²) in [7, 11) is 0. The molecule has 2 aliphatic heterocycles. The quantitative estimate of drug-likeness (QED) is 0.333. The van der Waals surface area contributed by atoms with Crippen LogP contribution in [0.25, 0.3) is 0 Å². The number of hydrogen-bond acceptors (Lipinski definition) is 7. The Kier molecular flexibility index (Phi) is 5.13. The molecule has 0 N–H and O–H groups in total. The van der Waals surface area contributed by atoms with Crippen LogP contribution in [0.2, 0.25) is 0 Å². The molecule has 8 nitrogen and oxygen atoms in total. The Hall–Kier alpha value is -2.94. The number of benzene rings is 1. The minimum absolute atomic E-state index is 0.00689. The number of thioether (sulfide) groups is 1. The van der Waals surface area contributed by atoms with Crippen LogP contribution in [-0.4, -0.2) is 38.7 Å². The highest BCUT2D eigenvalue weighted by atomic mass is 32.2. The summed E-state index contributed by atoms with van der Waals surface area (Å²) < 4.78 is 5.18. The first-order valence-electron chi connectivity index (χ1n) is 8.16. The third-order valence-electron chi connectivity index (χ3n) is 4.21. The zero-order valence-corrected chi connectivity index (χ0v) is 15.6. The van der Waals surface area contributed by atoms with Gasteiger partial charge in [-0.3, -0.25) is 19.8 Å². The number of rotatable bonds is 5. The summed E-state index contributed by atoms with van der Waals surface area (Å²) in [4.78, 5) is 41.9. The van der Waals surface area contributed by atoms with E-state index in [0.29, 0.717) is 16.4 Å². The van der Waals surface area contributed by atoms with E-state index in [0.717, 1.165) is 0 Å². The van der Waals surface area contributed by atoms with Crippen LogP contribution in [0.5, 0.6) is 0 Å². The van der Waals surface area contributed by atoms with Gasteiger partial charge in [-0.25, -0.2) is 9.79 Å². The molecule has 2 heterocycles. The van der Waals surface area contributed by atoms with Crippen LogP contribution in [0.15, 0.2) is 53.2 Å². The fourth-order valence-corrected chi connectivity index (χ4v) is 4.03. The fraction of sp³-hybridized carbons (Fsp3) is 0.278. The molecular formula is C18H17N3O5S. The summed E-state index contributed by atoms with van der Waals surface area (Å²) in [5.41, 5.74) is 0.926. The number of fused-ring (bicyclic) bond motifs is 1. The Bertz CT molecular complexity index is 908. The van der Waals surface area contributed by atoms with Gasteiger partial charge in [0.2, 0.25) is 5.91 Å². The van der Waals surface area contributed by atoms with E-state index in [4.69, 9.17) is 4.74 Å². The molecule has 2 atom stereocenters. The molecule has 1 saturated heterocycles. The van der Waals surface area contributed by atoms with Crippen LogP contribution < -0.4 is 0 Å². The number of nitro groups is 1. The van der Waals surface area contributed by atoms with Crippen molar-refractivity contribution in [3.63, 3.8) is 0 Å². The number of esters is 1. The summed E-state index contributed by atoms with van der Waals surface area (Å²) in [6.45, 7) is 6.94. The molecule has 3 rings (SSSR count). The molecule has 2 aliphatic rings. The molecular weight excluding hydrogens is 370 g/mol. The maximum absolute atomic E-state index is 12.7. The maximum Gasteiger partial charge on any atom is 0.338 e. The maximum atomic E-state index is 12.7. The summed E-state index contributed by atoms with van der Waals surface area (Å²) in [6.07, 6.45) is 1.44. The van der Waals surface area contributed by atoms with Crippen LogP contribution in [-0.2, 0) is 14.3 Å². The number of allylic oxidation sites excluding steroid dienone is 1. The summed E-state index contributed by atoms with van der Waals surface area (Å²) in [6, 6.07) is 5.06. The molecule has 0 aromatic heterocycles. The molecule has 1 aromatic carbocycles. The summed E-state index contributed by atoms with van der Waals surface area (Å²) >= 11 is 1.29. The lowest BCUT2D eigenvalue weighted by Gasteiger charge is -2.32. The highest BCUT2D eigenvalue weighted by Gasteiger charge is 2.46. The smallest absolute Gasteiger partial charge is 0.338 e. The van der Waals surface area contributed by atoms with Gasteiger partial charge in [-0.1, -0.05) is 36.5 Å². The van der Waals surface area contributed by atoms with Crippen LogP contribution in [0, 0.1) is 10.1 Å². The summed E-state index contributed by atoms with van der Waals surface area (Å²) in [5, 5.41) is 11.3. The number of nitro benzene ring substituents is 1. The largest absolute Gasteiger partial charge is 0.458 e. The van der Waals surface area contributed by atoms with Gasteiger partial charge in [-0.15, -0.1) is 0 Å². The van der Waals surface area contributed by atoms with Gasteiger partial charge in [0.1, 0.15) is 6.61 Å². The second kappa shape index (κ2) is 7.36. The Morgan fingerprint density at radius 3 is 2.93 bits per heavy atom. The lowest BCUT2D eigenvalue weighted by atomic mass is 9.94. The van der Waals surface area contributed by atoms with Crippen molar-refractivity contribution in [1.82, 2.24) is 4.90 Å². The SMILES string of the molecule is C=CCOC(=O)C1=C(C)N=C2S[C@@H](C)C(=O)N2[C@@H]1c1cccc([N+](=O)[O-])c1. The van der Waals surface area contributed by atoms with E-state index in [-0.39, 0.29) is 29.0 Å². The molecule has 1 fully saturated rings. The average molecular weight is 387 g/mol. The first-order valence-corrected chi connectivity index (χ1v) is 9.04. The molecule has 0 bridgehead atoms. The Morgan fingerprint density at radius 2 is 2.26 bits per heavy atom. The zero-order chi connectivity index (χ0) is 19.7. The monoisotopic (exact) mass is 387 g/mol. The number of carbonyl (C=O) groups is 2. The summed E-state index contributed by atoms with van der Waals surface area (Å²) in [5.74, 6) is -0.846. The van der Waals surface area contributed by atoms with Crippen LogP contribution in [0.3, 0.4) is 0 Å². The van der Waals surface area contributed by atoms with Crippen molar-refractivity contribution in [2.75, 3.05) is 6.61 Å². The normalized spacial score (nSPS) is 21.6. The second-order valence-corrected chi connectivity index (χ2v) is 7.31. The van der Waals surface area contributed by atoms with Crippen LogP contribution in [0.4, 0.5) is 5.69 Å². The van der Waals surface area contributed by atoms with E-state index in [2.05, 4.69) is 11.6 Å². The third kappa shape index (κ3) is 3.37. The topological polar surface area (TPSA) is 102 Å². The van der Waals surface area contributed by atoms with Crippen molar-refractivity contribution >= 4 is 34.5 Å². The predicted octanol–water partition coefficient (Wildman–Crippen LogP) is 2.97. The van der Waals surface area contributed by atoms with Gasteiger partial charge in [-0.05, 0) is 19.4 Å². The van der Waals surface area contributed by atoms with Crippen molar-refractivity contribution in [3.8, 4) is 0 Å². The average Bonchev–Trinajstić information content (AvgIpc) is 2.92. The number of amidine groups is 1. The number of non-ortho nitro benzene ring substituents is 1.